The highest BCUT2D eigenvalue weighted by molar-refractivity contribution is 7.57. The number of carbonyl (C=O) groups excluding carboxylic acids is 2. The smallest absolute Gasteiger partial charge is 0.353 e. The zero-order chi connectivity index (χ0) is 16.3. The Morgan fingerprint density at radius 1 is 1.14 bits per heavy atom. The van der Waals surface area contributed by atoms with Gasteiger partial charge in [-0.3, -0.25) is 14.2 Å². The van der Waals surface area contributed by atoms with E-state index in [4.69, 9.17) is 9.05 Å². The van der Waals surface area contributed by atoms with Crippen molar-refractivity contribution >= 4 is 19.3 Å². The molecule has 0 unspecified atom stereocenters. The maximum absolute atomic E-state index is 12.1. The van der Waals surface area contributed by atoms with Gasteiger partial charge < -0.3 is 18.9 Å². The summed E-state index contributed by atoms with van der Waals surface area (Å²) in [5, 5.41) is 9.67. The fourth-order valence-corrected chi connectivity index (χ4v) is 2.81. The summed E-state index contributed by atoms with van der Waals surface area (Å²) in [6, 6.07) is 0. The first-order valence-corrected chi connectivity index (χ1v) is 8.41. The molecule has 0 saturated carbocycles. The molecule has 0 bridgehead atoms. The van der Waals surface area contributed by atoms with Crippen LogP contribution in [-0.2, 0) is 27.9 Å². The molecule has 0 aromatic rings. The predicted octanol–water partition coefficient (Wildman–Crippen LogP) is 2.04. The molecule has 0 aliphatic heterocycles. The molecule has 0 spiro atoms. The minimum absolute atomic E-state index is 0.194. The highest BCUT2D eigenvalue weighted by Gasteiger charge is 2.20. The topological polar surface area (TPSA) is 99.1 Å². The van der Waals surface area contributed by atoms with Gasteiger partial charge in [0.25, 0.3) is 0 Å². The summed E-state index contributed by atoms with van der Waals surface area (Å²) in [6.45, 7) is 5.55. The largest absolute Gasteiger partial charge is 0.466 e. The van der Waals surface area contributed by atoms with Crippen LogP contribution in [0.4, 0.5) is 0 Å². The van der Waals surface area contributed by atoms with Crippen molar-refractivity contribution < 1.29 is 33.0 Å². The van der Waals surface area contributed by atoms with Crippen LogP contribution in [0.2, 0.25) is 0 Å². The van der Waals surface area contributed by atoms with Crippen molar-refractivity contribution in [3.8, 4) is 0 Å². The van der Waals surface area contributed by atoms with Crippen molar-refractivity contribution in [2.75, 3.05) is 19.8 Å². The van der Waals surface area contributed by atoms with E-state index in [0.29, 0.717) is 0 Å². The Bertz CT molecular complexity index is 395. The van der Waals surface area contributed by atoms with Gasteiger partial charge in [0.2, 0.25) is 0 Å². The molecular weight excluding hydrogens is 299 g/mol. The molecule has 1 N–H and O–H groups in total. The van der Waals surface area contributed by atoms with E-state index < -0.39 is 31.9 Å². The number of ketones is 1. The van der Waals surface area contributed by atoms with Gasteiger partial charge in [-0.05, 0) is 26.8 Å². The summed E-state index contributed by atoms with van der Waals surface area (Å²) in [5.74, 6) is 0.0312. The second-order valence-electron chi connectivity index (χ2n) is 4.01. The fourth-order valence-electron chi connectivity index (χ4n) is 1.43. The average Bonchev–Trinajstić information content (AvgIpc) is 2.37. The van der Waals surface area contributed by atoms with Gasteiger partial charge in [-0.2, -0.15) is 0 Å². The van der Waals surface area contributed by atoms with E-state index in [1.165, 1.54) is 6.08 Å². The maximum atomic E-state index is 12.1. The summed E-state index contributed by atoms with van der Waals surface area (Å²) in [7, 11) is -3.40. The van der Waals surface area contributed by atoms with Crippen molar-refractivity contribution in [1.29, 1.82) is 0 Å². The van der Waals surface area contributed by atoms with E-state index in [1.807, 2.05) is 0 Å². The SMILES string of the molecule is CCOC(=O)CC(=O)C[C@H](O)/C=C/P(=O)(OCC)OCC. The molecular formula is C13H23O7P. The highest BCUT2D eigenvalue weighted by Crippen LogP contribution is 2.49. The van der Waals surface area contributed by atoms with E-state index >= 15 is 0 Å². The molecule has 8 heteroatoms. The van der Waals surface area contributed by atoms with E-state index in [9.17, 15) is 19.3 Å². The molecule has 1 atom stereocenters. The average molecular weight is 322 g/mol. The molecule has 21 heavy (non-hydrogen) atoms. The number of aliphatic hydroxyl groups excluding tert-OH is 1. The van der Waals surface area contributed by atoms with Crippen LogP contribution in [-0.4, -0.2) is 42.8 Å². The van der Waals surface area contributed by atoms with Gasteiger partial charge in [0.05, 0.1) is 25.9 Å². The molecule has 0 aromatic heterocycles. The Labute approximate surface area is 124 Å². The van der Waals surface area contributed by atoms with Crippen LogP contribution in [0.3, 0.4) is 0 Å². The van der Waals surface area contributed by atoms with Gasteiger partial charge in [-0.25, -0.2) is 0 Å². The third-order valence-corrected chi connectivity index (χ3v) is 3.97. The summed E-state index contributed by atoms with van der Waals surface area (Å²) in [5.41, 5.74) is 0. The molecule has 0 aromatic carbocycles. The molecule has 0 aliphatic rings. The van der Waals surface area contributed by atoms with Crippen LogP contribution in [0.15, 0.2) is 11.9 Å². The van der Waals surface area contributed by atoms with Gasteiger partial charge >= 0.3 is 13.6 Å². The van der Waals surface area contributed by atoms with Crippen molar-refractivity contribution in [3.05, 3.63) is 11.9 Å². The van der Waals surface area contributed by atoms with Crippen LogP contribution in [0.1, 0.15) is 33.6 Å². The van der Waals surface area contributed by atoms with Crippen LogP contribution in [0.5, 0.6) is 0 Å². The van der Waals surface area contributed by atoms with E-state index in [2.05, 4.69) is 4.74 Å². The highest BCUT2D eigenvalue weighted by atomic mass is 31.2. The first-order chi connectivity index (χ1) is 9.86. The Morgan fingerprint density at radius 3 is 2.19 bits per heavy atom. The van der Waals surface area contributed by atoms with Crippen molar-refractivity contribution in [1.82, 2.24) is 0 Å². The van der Waals surface area contributed by atoms with Crippen molar-refractivity contribution in [3.63, 3.8) is 0 Å². The molecule has 0 rings (SSSR count). The molecule has 0 saturated heterocycles. The molecule has 0 radical (unpaired) electrons. The third-order valence-electron chi connectivity index (χ3n) is 2.19. The lowest BCUT2D eigenvalue weighted by Crippen LogP contribution is -2.16. The van der Waals surface area contributed by atoms with Gasteiger partial charge in [0.1, 0.15) is 12.2 Å². The zero-order valence-electron chi connectivity index (χ0n) is 12.6. The number of hydrogen-bond acceptors (Lipinski definition) is 7. The Morgan fingerprint density at radius 2 is 1.71 bits per heavy atom. The summed E-state index contributed by atoms with van der Waals surface area (Å²) < 4.78 is 26.7. The first kappa shape index (κ1) is 20.0. The van der Waals surface area contributed by atoms with Crippen LogP contribution < -0.4 is 0 Å². The van der Waals surface area contributed by atoms with E-state index in [-0.39, 0.29) is 26.2 Å². The van der Waals surface area contributed by atoms with Crippen molar-refractivity contribution in [2.45, 2.75) is 39.7 Å². The molecule has 0 fully saturated rings. The molecule has 0 heterocycles. The molecule has 0 amide bonds. The summed E-state index contributed by atoms with van der Waals surface area (Å²) >= 11 is 0. The number of esters is 1. The second kappa shape index (κ2) is 10.7. The first-order valence-electron chi connectivity index (χ1n) is 6.80. The Hall–Kier alpha value is -1.01. The zero-order valence-corrected chi connectivity index (χ0v) is 13.5. The second-order valence-corrected chi connectivity index (χ2v) is 5.90. The Kier molecular flexibility index (Phi) is 10.2. The molecule has 122 valence electrons. The number of aliphatic hydroxyl groups is 1. The third kappa shape index (κ3) is 9.52. The maximum Gasteiger partial charge on any atom is 0.353 e. The van der Waals surface area contributed by atoms with Gasteiger partial charge in [-0.15, -0.1) is 0 Å². The minimum Gasteiger partial charge on any atom is -0.466 e. The lowest BCUT2D eigenvalue weighted by Gasteiger charge is -2.13. The lowest BCUT2D eigenvalue weighted by molar-refractivity contribution is -0.145. The van der Waals surface area contributed by atoms with Gasteiger partial charge in [0, 0.05) is 12.2 Å². The van der Waals surface area contributed by atoms with Crippen molar-refractivity contribution in [2.24, 2.45) is 0 Å². The van der Waals surface area contributed by atoms with E-state index in [0.717, 1.165) is 5.82 Å². The quantitative estimate of drug-likeness (QED) is 0.353. The van der Waals surface area contributed by atoms with Gasteiger partial charge in [-0.1, -0.05) is 0 Å². The minimum atomic E-state index is -3.40. The number of Topliss-reactive ketones (excluding diaryl/α,β-unsaturated/α-hetero) is 1. The molecule has 7 nitrogen and oxygen atoms in total. The predicted molar refractivity (Wildman–Crippen MR) is 76.9 cm³/mol. The normalized spacial score (nSPS) is 13.3. The number of ether oxygens (including phenoxy) is 1. The summed E-state index contributed by atoms with van der Waals surface area (Å²) in [4.78, 5) is 22.6. The fraction of sp³-hybridized carbons (Fsp3) is 0.692. The standard InChI is InChI=1S/C13H23O7P/c1-4-18-13(16)10-12(15)9-11(14)7-8-21(17,19-5-2)20-6-3/h7-8,11,14H,4-6,9-10H2,1-3H3/b8-7+/t11-/m1/s1. The number of rotatable bonds is 11. The monoisotopic (exact) mass is 322 g/mol. The lowest BCUT2D eigenvalue weighted by atomic mass is 10.1. The van der Waals surface area contributed by atoms with Gasteiger partial charge in [0.15, 0.2) is 0 Å². The number of carbonyl (C=O) groups is 2. The van der Waals surface area contributed by atoms with Crippen LogP contribution in [0, 0.1) is 0 Å². The van der Waals surface area contributed by atoms with E-state index in [1.54, 1.807) is 20.8 Å². The van der Waals surface area contributed by atoms with Crippen LogP contribution in [0.25, 0.3) is 0 Å². The van der Waals surface area contributed by atoms with Crippen LogP contribution >= 0.6 is 7.60 Å². The summed E-state index contributed by atoms with van der Waals surface area (Å²) in [6.07, 6.45) is -0.656. The Balaban J connectivity index is 4.42. The number of hydrogen-bond donors (Lipinski definition) is 1. The molecule has 0 aliphatic carbocycles.